The summed E-state index contributed by atoms with van der Waals surface area (Å²) in [4.78, 5) is 28.3. The van der Waals surface area contributed by atoms with Crippen molar-refractivity contribution in [2.75, 3.05) is 13.1 Å². The van der Waals surface area contributed by atoms with Crippen LogP contribution in [0.4, 0.5) is 0 Å². The van der Waals surface area contributed by atoms with E-state index < -0.39 is 0 Å². The van der Waals surface area contributed by atoms with Crippen LogP contribution >= 0.6 is 0 Å². The molecular formula is C34H31N5O. The van der Waals surface area contributed by atoms with Crippen molar-refractivity contribution in [1.29, 1.82) is 0 Å². The number of nitrogens with one attached hydrogen (secondary N) is 1. The molecule has 4 aromatic carbocycles. The molecule has 0 saturated carbocycles. The smallest absolute Gasteiger partial charge is 0.306 e. The topological polar surface area (TPSA) is 66.8 Å². The Morgan fingerprint density at radius 2 is 1.45 bits per heavy atom. The fourth-order valence-electron chi connectivity index (χ4n) is 5.96. The number of H-pyrrole nitrogens is 1. The Morgan fingerprint density at radius 1 is 0.775 bits per heavy atom. The summed E-state index contributed by atoms with van der Waals surface area (Å²) in [5.74, 6) is 0. The van der Waals surface area contributed by atoms with Crippen LogP contribution in [0, 0.1) is 6.92 Å². The number of fused-ring (bicyclic) bond motifs is 2. The SMILES string of the molecule is Cc1ccc2nc(-c3ccccc3)c(-c3ccc(CN4CCC(n5c(=O)[nH]c6ccccc65)CC4)cc3)nc2c1. The van der Waals surface area contributed by atoms with E-state index in [0.717, 1.165) is 77.1 Å². The molecule has 1 aliphatic rings. The fourth-order valence-corrected chi connectivity index (χ4v) is 5.96. The Bertz CT molecular complexity index is 1860. The zero-order valence-electron chi connectivity index (χ0n) is 22.5. The van der Waals surface area contributed by atoms with Crippen molar-refractivity contribution >= 4 is 22.1 Å². The molecule has 6 nitrogen and oxygen atoms in total. The van der Waals surface area contributed by atoms with Crippen LogP contribution in [0.2, 0.25) is 0 Å². The molecule has 0 spiro atoms. The van der Waals surface area contributed by atoms with Crippen molar-refractivity contribution in [1.82, 2.24) is 24.4 Å². The first-order valence-corrected chi connectivity index (χ1v) is 14.0. The van der Waals surface area contributed by atoms with Gasteiger partial charge in [-0.1, -0.05) is 72.8 Å². The molecule has 1 N–H and O–H groups in total. The van der Waals surface area contributed by atoms with E-state index in [1.807, 2.05) is 47.0 Å². The predicted octanol–water partition coefficient (Wildman–Crippen LogP) is 6.75. The van der Waals surface area contributed by atoms with Gasteiger partial charge < -0.3 is 4.98 Å². The van der Waals surface area contributed by atoms with Crippen LogP contribution in [0.1, 0.15) is 30.0 Å². The predicted molar refractivity (Wildman–Crippen MR) is 161 cm³/mol. The summed E-state index contributed by atoms with van der Waals surface area (Å²) in [6.07, 6.45) is 1.93. The van der Waals surface area contributed by atoms with Gasteiger partial charge in [-0.2, -0.15) is 0 Å². The summed E-state index contributed by atoms with van der Waals surface area (Å²) in [6.45, 7) is 4.91. The molecule has 7 rings (SSSR count). The van der Waals surface area contributed by atoms with Crippen molar-refractivity contribution in [3.63, 3.8) is 0 Å². The molecule has 3 heterocycles. The lowest BCUT2D eigenvalue weighted by Crippen LogP contribution is -2.36. The number of aromatic amines is 1. The Kier molecular flexibility index (Phi) is 6.25. The molecule has 0 bridgehead atoms. The molecular weight excluding hydrogens is 494 g/mol. The maximum absolute atomic E-state index is 12.6. The lowest BCUT2D eigenvalue weighted by atomic mass is 10.0. The summed E-state index contributed by atoms with van der Waals surface area (Å²) in [5, 5.41) is 0. The summed E-state index contributed by atoms with van der Waals surface area (Å²) in [5.41, 5.74) is 10.1. The van der Waals surface area contributed by atoms with Gasteiger partial charge in [0.1, 0.15) is 0 Å². The van der Waals surface area contributed by atoms with Crippen molar-refractivity contribution in [3.05, 3.63) is 119 Å². The zero-order chi connectivity index (χ0) is 27.1. The standard InChI is InChI=1S/C34H31N5O/c1-23-11-16-28-30(21-23)36-33(32(35-28)25-7-3-2-4-8-25)26-14-12-24(13-15-26)22-38-19-17-27(18-20-38)39-31-10-6-5-9-29(31)37-34(39)40/h2-16,21,27H,17-20,22H2,1H3,(H,37,40). The maximum Gasteiger partial charge on any atom is 0.326 e. The third-order valence-corrected chi connectivity index (χ3v) is 8.05. The Hall–Kier alpha value is -4.55. The molecule has 1 fully saturated rings. The number of piperidine rings is 1. The number of benzene rings is 4. The number of imidazole rings is 1. The quantitative estimate of drug-likeness (QED) is 0.270. The maximum atomic E-state index is 12.6. The highest BCUT2D eigenvalue weighted by Gasteiger charge is 2.23. The van der Waals surface area contributed by atoms with Gasteiger partial charge >= 0.3 is 5.69 Å². The molecule has 6 aromatic rings. The number of aromatic nitrogens is 4. The van der Waals surface area contributed by atoms with Crippen LogP contribution in [0.5, 0.6) is 0 Å². The number of nitrogens with zero attached hydrogens (tertiary/aromatic N) is 4. The van der Waals surface area contributed by atoms with Crippen LogP contribution in [0.15, 0.2) is 102 Å². The van der Waals surface area contributed by atoms with E-state index >= 15 is 0 Å². The highest BCUT2D eigenvalue weighted by Crippen LogP contribution is 2.32. The molecule has 0 amide bonds. The molecule has 1 aliphatic heterocycles. The van der Waals surface area contributed by atoms with Gasteiger partial charge in [0.25, 0.3) is 0 Å². The van der Waals surface area contributed by atoms with Crippen molar-refractivity contribution in [2.24, 2.45) is 0 Å². The molecule has 40 heavy (non-hydrogen) atoms. The number of likely N-dealkylation sites (tertiary alicyclic amines) is 1. The molecule has 6 heteroatoms. The molecule has 0 atom stereocenters. The van der Waals surface area contributed by atoms with Crippen molar-refractivity contribution in [2.45, 2.75) is 32.4 Å². The van der Waals surface area contributed by atoms with Crippen LogP contribution in [-0.4, -0.2) is 37.5 Å². The van der Waals surface area contributed by atoms with Crippen LogP contribution in [0.3, 0.4) is 0 Å². The number of para-hydroxylation sites is 2. The summed E-state index contributed by atoms with van der Waals surface area (Å²) >= 11 is 0. The minimum Gasteiger partial charge on any atom is -0.306 e. The third-order valence-electron chi connectivity index (χ3n) is 8.05. The average Bonchev–Trinajstić information content (AvgIpc) is 3.33. The molecule has 0 radical (unpaired) electrons. The van der Waals surface area contributed by atoms with Gasteiger partial charge in [-0.15, -0.1) is 0 Å². The van der Waals surface area contributed by atoms with E-state index in [1.54, 1.807) is 0 Å². The number of hydrogen-bond acceptors (Lipinski definition) is 4. The van der Waals surface area contributed by atoms with Crippen molar-refractivity contribution < 1.29 is 0 Å². The van der Waals surface area contributed by atoms with E-state index in [2.05, 4.69) is 71.4 Å². The minimum atomic E-state index is -0.00272. The Labute approximate surface area is 233 Å². The van der Waals surface area contributed by atoms with Gasteiger partial charge in [0.15, 0.2) is 0 Å². The molecule has 198 valence electrons. The van der Waals surface area contributed by atoms with Gasteiger partial charge in [0, 0.05) is 36.8 Å². The largest absolute Gasteiger partial charge is 0.326 e. The first-order valence-electron chi connectivity index (χ1n) is 14.0. The fraction of sp³-hybridized carbons (Fsp3) is 0.206. The first kappa shape index (κ1) is 24.5. The second-order valence-electron chi connectivity index (χ2n) is 10.8. The van der Waals surface area contributed by atoms with E-state index in [4.69, 9.17) is 9.97 Å². The van der Waals surface area contributed by atoms with E-state index in [1.165, 1.54) is 11.1 Å². The highest BCUT2D eigenvalue weighted by molar-refractivity contribution is 5.86. The molecule has 0 unspecified atom stereocenters. The summed E-state index contributed by atoms with van der Waals surface area (Å²) < 4.78 is 1.96. The van der Waals surface area contributed by atoms with Crippen LogP contribution in [0.25, 0.3) is 44.6 Å². The molecule has 1 saturated heterocycles. The summed E-state index contributed by atoms with van der Waals surface area (Å²) in [6, 6.07) is 33.5. The second kappa shape index (κ2) is 10.2. The Balaban J connectivity index is 1.11. The van der Waals surface area contributed by atoms with Gasteiger partial charge in [-0.25, -0.2) is 14.8 Å². The number of hydrogen-bond donors (Lipinski definition) is 1. The molecule has 0 aliphatic carbocycles. The number of aryl methyl sites for hydroxylation is 1. The summed E-state index contributed by atoms with van der Waals surface area (Å²) in [7, 11) is 0. The highest BCUT2D eigenvalue weighted by atomic mass is 16.1. The van der Waals surface area contributed by atoms with Crippen LogP contribution < -0.4 is 5.69 Å². The third kappa shape index (κ3) is 4.61. The van der Waals surface area contributed by atoms with Gasteiger partial charge in [-0.05, 0) is 55.2 Å². The van der Waals surface area contributed by atoms with Crippen molar-refractivity contribution in [3.8, 4) is 22.5 Å². The van der Waals surface area contributed by atoms with Crippen LogP contribution in [-0.2, 0) is 6.54 Å². The van der Waals surface area contributed by atoms with Gasteiger partial charge in [0.2, 0.25) is 0 Å². The first-order chi connectivity index (χ1) is 19.6. The minimum absolute atomic E-state index is 0.00272. The number of rotatable bonds is 5. The molecule has 2 aromatic heterocycles. The monoisotopic (exact) mass is 525 g/mol. The average molecular weight is 526 g/mol. The second-order valence-corrected chi connectivity index (χ2v) is 10.8. The lowest BCUT2D eigenvalue weighted by molar-refractivity contribution is 0.180. The van der Waals surface area contributed by atoms with E-state index in [9.17, 15) is 4.79 Å². The van der Waals surface area contributed by atoms with E-state index in [0.29, 0.717) is 0 Å². The van der Waals surface area contributed by atoms with Gasteiger partial charge in [0.05, 0.1) is 33.5 Å². The Morgan fingerprint density at radius 3 is 2.23 bits per heavy atom. The van der Waals surface area contributed by atoms with Gasteiger partial charge in [-0.3, -0.25) is 9.47 Å². The lowest BCUT2D eigenvalue weighted by Gasteiger charge is -2.32. The zero-order valence-corrected chi connectivity index (χ0v) is 22.5. The normalized spacial score (nSPS) is 14.7. The van der Waals surface area contributed by atoms with E-state index in [-0.39, 0.29) is 11.7 Å².